The Hall–Kier alpha value is -3.21. The summed E-state index contributed by atoms with van der Waals surface area (Å²) in [6, 6.07) is 12.0. The van der Waals surface area contributed by atoms with Crippen molar-refractivity contribution < 1.29 is 14.6 Å². The highest BCUT2D eigenvalue weighted by molar-refractivity contribution is 6.09. The molecule has 1 unspecified atom stereocenters. The van der Waals surface area contributed by atoms with Crippen molar-refractivity contribution in [2.45, 2.75) is 39.3 Å². The first-order valence-electron chi connectivity index (χ1n) is 10.3. The first kappa shape index (κ1) is 20.1. The van der Waals surface area contributed by atoms with Crippen LogP contribution in [0.2, 0.25) is 0 Å². The van der Waals surface area contributed by atoms with E-state index in [9.17, 15) is 9.90 Å². The lowest BCUT2D eigenvalue weighted by Gasteiger charge is -2.23. The summed E-state index contributed by atoms with van der Waals surface area (Å²) in [7, 11) is 1.62. The summed E-state index contributed by atoms with van der Waals surface area (Å²) in [4.78, 5) is 15.2. The third-order valence-electron chi connectivity index (χ3n) is 5.85. The van der Waals surface area contributed by atoms with Crippen LogP contribution in [0.4, 0.5) is 0 Å². The molecule has 1 aliphatic rings. The molecule has 30 heavy (non-hydrogen) atoms. The molecule has 0 bridgehead atoms. The van der Waals surface area contributed by atoms with Crippen LogP contribution in [0.3, 0.4) is 0 Å². The van der Waals surface area contributed by atoms with Crippen molar-refractivity contribution in [3.05, 3.63) is 77.2 Å². The fourth-order valence-electron chi connectivity index (χ4n) is 4.65. The number of hydrogen-bond acceptors (Lipinski definition) is 3. The number of likely N-dealkylation sites (tertiary alicyclic amines) is 1. The van der Waals surface area contributed by atoms with Crippen LogP contribution in [0, 0.1) is 13.8 Å². The topological polar surface area (TPSA) is 54.7 Å². The Morgan fingerprint density at radius 3 is 2.63 bits per heavy atom. The predicted octanol–water partition coefficient (Wildman–Crippen LogP) is 4.99. The van der Waals surface area contributed by atoms with Crippen LogP contribution in [0.5, 0.6) is 5.75 Å². The molecular formula is C25H28N2O3. The molecule has 1 fully saturated rings. The Balaban J connectivity index is 1.82. The number of carbonyl (C=O) groups is 1. The Labute approximate surface area is 177 Å². The predicted molar refractivity (Wildman–Crippen MR) is 119 cm³/mol. The van der Waals surface area contributed by atoms with Gasteiger partial charge in [-0.15, -0.1) is 0 Å². The van der Waals surface area contributed by atoms with Gasteiger partial charge in [-0.1, -0.05) is 42.0 Å². The monoisotopic (exact) mass is 404 g/mol. The first-order chi connectivity index (χ1) is 14.4. The van der Waals surface area contributed by atoms with Gasteiger partial charge in [-0.05, 0) is 44.4 Å². The molecule has 0 radical (unpaired) electrons. The molecule has 1 amide bonds. The molecule has 3 aromatic rings. The van der Waals surface area contributed by atoms with Gasteiger partial charge in [0.25, 0.3) is 5.91 Å². The lowest BCUT2D eigenvalue weighted by atomic mass is 10.1. The number of amides is 1. The molecule has 2 aromatic carbocycles. The summed E-state index contributed by atoms with van der Waals surface area (Å²) >= 11 is 0. The number of aliphatic hydroxyl groups excluding tert-OH is 1. The van der Waals surface area contributed by atoms with E-state index in [1.54, 1.807) is 12.0 Å². The summed E-state index contributed by atoms with van der Waals surface area (Å²) in [6.45, 7) is 9.13. The number of aliphatic hydroxyl groups is 1. The highest BCUT2D eigenvalue weighted by Gasteiger charge is 2.33. The smallest absolute Gasteiger partial charge is 0.256 e. The van der Waals surface area contributed by atoms with E-state index in [4.69, 9.17) is 4.74 Å². The molecule has 0 spiro atoms. The van der Waals surface area contributed by atoms with E-state index in [0.717, 1.165) is 23.7 Å². The van der Waals surface area contributed by atoms with E-state index in [1.165, 1.54) is 16.7 Å². The maximum absolute atomic E-state index is 13.5. The van der Waals surface area contributed by atoms with Gasteiger partial charge in [0.1, 0.15) is 11.5 Å². The van der Waals surface area contributed by atoms with Crippen LogP contribution < -0.4 is 4.74 Å². The van der Waals surface area contributed by atoms with Gasteiger partial charge >= 0.3 is 0 Å². The van der Waals surface area contributed by atoms with E-state index in [2.05, 4.69) is 43.2 Å². The van der Waals surface area contributed by atoms with Crippen LogP contribution in [-0.2, 0) is 6.54 Å². The van der Waals surface area contributed by atoms with E-state index < -0.39 is 0 Å². The van der Waals surface area contributed by atoms with Crippen LogP contribution in [0.15, 0.2) is 54.9 Å². The minimum Gasteiger partial charge on any atom is -0.511 e. The zero-order valence-corrected chi connectivity index (χ0v) is 17.8. The molecule has 156 valence electrons. The number of ether oxygens (including phenoxy) is 1. The molecule has 5 heteroatoms. The third kappa shape index (κ3) is 3.56. The Morgan fingerprint density at radius 2 is 1.97 bits per heavy atom. The van der Waals surface area contributed by atoms with E-state index in [1.807, 2.05) is 24.4 Å². The van der Waals surface area contributed by atoms with Crippen molar-refractivity contribution in [3.63, 3.8) is 0 Å². The lowest BCUT2D eigenvalue weighted by molar-refractivity contribution is 0.0731. The van der Waals surface area contributed by atoms with Crippen molar-refractivity contribution >= 4 is 16.8 Å². The summed E-state index contributed by atoms with van der Waals surface area (Å²) in [5, 5.41) is 10.8. The van der Waals surface area contributed by atoms with Crippen LogP contribution in [0.25, 0.3) is 10.9 Å². The molecule has 1 aromatic heterocycles. The van der Waals surface area contributed by atoms with Crippen molar-refractivity contribution in [3.8, 4) is 5.75 Å². The minimum absolute atomic E-state index is 0.0480. The van der Waals surface area contributed by atoms with Gasteiger partial charge in [0.05, 0.1) is 29.6 Å². The molecule has 4 rings (SSSR count). The van der Waals surface area contributed by atoms with Gasteiger partial charge in [0.15, 0.2) is 0 Å². The summed E-state index contributed by atoms with van der Waals surface area (Å²) in [5.41, 5.74) is 5.18. The number of aromatic nitrogens is 1. The van der Waals surface area contributed by atoms with Gasteiger partial charge in [0, 0.05) is 19.3 Å². The molecule has 0 aliphatic carbocycles. The normalized spacial score (nSPS) is 16.2. The molecular weight excluding hydrogens is 376 g/mol. The second-order valence-electron chi connectivity index (χ2n) is 8.17. The van der Waals surface area contributed by atoms with E-state index >= 15 is 0 Å². The summed E-state index contributed by atoms with van der Waals surface area (Å²) in [5.74, 6) is 0.627. The van der Waals surface area contributed by atoms with Gasteiger partial charge in [-0.2, -0.15) is 0 Å². The summed E-state index contributed by atoms with van der Waals surface area (Å²) < 4.78 is 7.72. The average molecular weight is 405 g/mol. The number of aryl methyl sites for hydroxylation is 2. The maximum atomic E-state index is 13.5. The second kappa shape index (κ2) is 7.90. The zero-order valence-electron chi connectivity index (χ0n) is 17.8. The summed E-state index contributed by atoms with van der Waals surface area (Å²) in [6.07, 6.45) is 3.51. The number of rotatable bonds is 5. The standard InChI is InChI=1S/C25H28N2O3/c1-16-11-17(2)13-19(12-16)14-26-15-20(24-22(26)7-5-9-23(24)30-4)25(29)27-10-6-8-21(27)18(3)28/h5,7,9,11-13,15,21,28H,3,6,8,10,14H2,1-2,4H3. The Morgan fingerprint density at radius 1 is 1.23 bits per heavy atom. The number of benzene rings is 2. The number of hydrogen-bond donors (Lipinski definition) is 1. The SMILES string of the molecule is C=C(O)C1CCCN1C(=O)c1cn(Cc2cc(C)cc(C)c2)c2cccc(OC)c12. The van der Waals surface area contributed by atoms with Gasteiger partial charge in [-0.25, -0.2) is 0 Å². The molecule has 1 N–H and O–H groups in total. The molecule has 0 saturated carbocycles. The quantitative estimate of drug-likeness (QED) is 0.610. The largest absolute Gasteiger partial charge is 0.511 e. The first-order valence-corrected chi connectivity index (χ1v) is 10.3. The van der Waals surface area contributed by atoms with Crippen molar-refractivity contribution in [2.75, 3.05) is 13.7 Å². The van der Waals surface area contributed by atoms with E-state index in [0.29, 0.717) is 24.4 Å². The van der Waals surface area contributed by atoms with Crippen molar-refractivity contribution in [1.29, 1.82) is 0 Å². The number of methoxy groups -OCH3 is 1. The number of nitrogens with zero attached hydrogens (tertiary/aromatic N) is 2. The van der Waals surface area contributed by atoms with Crippen LogP contribution in [-0.4, -0.2) is 40.2 Å². The van der Waals surface area contributed by atoms with Gasteiger partial charge in [-0.3, -0.25) is 4.79 Å². The number of carbonyl (C=O) groups excluding carboxylic acids is 1. The fraction of sp³-hybridized carbons (Fsp3) is 0.320. The van der Waals surface area contributed by atoms with Gasteiger partial charge in [0.2, 0.25) is 0 Å². The van der Waals surface area contributed by atoms with Crippen molar-refractivity contribution in [1.82, 2.24) is 9.47 Å². The molecule has 1 aliphatic heterocycles. The molecule has 1 atom stereocenters. The van der Waals surface area contributed by atoms with Crippen LogP contribution in [0.1, 0.15) is 39.9 Å². The fourth-order valence-corrected chi connectivity index (χ4v) is 4.65. The maximum Gasteiger partial charge on any atom is 0.256 e. The second-order valence-corrected chi connectivity index (χ2v) is 8.17. The molecule has 1 saturated heterocycles. The third-order valence-corrected chi connectivity index (χ3v) is 5.85. The van der Waals surface area contributed by atoms with Crippen molar-refractivity contribution in [2.24, 2.45) is 0 Å². The minimum atomic E-state index is -0.329. The lowest BCUT2D eigenvalue weighted by Crippen LogP contribution is -2.36. The molecule has 5 nitrogen and oxygen atoms in total. The number of fused-ring (bicyclic) bond motifs is 1. The highest BCUT2D eigenvalue weighted by atomic mass is 16.5. The Bertz CT molecular complexity index is 1110. The van der Waals surface area contributed by atoms with Crippen LogP contribution >= 0.6 is 0 Å². The Kier molecular flexibility index (Phi) is 5.29. The van der Waals surface area contributed by atoms with E-state index in [-0.39, 0.29) is 17.7 Å². The van der Waals surface area contributed by atoms with Gasteiger partial charge < -0.3 is 19.3 Å². The molecule has 2 heterocycles. The highest BCUT2D eigenvalue weighted by Crippen LogP contribution is 2.34. The average Bonchev–Trinajstić information content (AvgIpc) is 3.32. The zero-order chi connectivity index (χ0) is 21.4.